The average Bonchev–Trinajstić information content (AvgIpc) is 2.96. The van der Waals surface area contributed by atoms with Crippen LogP contribution in [-0.4, -0.2) is 61.0 Å². The summed E-state index contributed by atoms with van der Waals surface area (Å²) in [6.07, 6.45) is 6.64. The molecule has 2 fully saturated rings. The Morgan fingerprint density at radius 1 is 1.26 bits per heavy atom. The molecular weight excluding hydrogens is 238 g/mol. The van der Waals surface area contributed by atoms with Crippen LogP contribution in [0.15, 0.2) is 0 Å². The van der Waals surface area contributed by atoms with E-state index < -0.39 is 0 Å². The third-order valence-corrected chi connectivity index (χ3v) is 4.37. The van der Waals surface area contributed by atoms with Crippen molar-refractivity contribution in [3.05, 3.63) is 0 Å². The number of piperidine rings is 1. The predicted octanol–water partition coefficient (Wildman–Crippen LogP) is 1.46. The first kappa shape index (κ1) is 14.8. The van der Waals surface area contributed by atoms with Crippen LogP contribution in [0.5, 0.6) is 0 Å². The summed E-state index contributed by atoms with van der Waals surface area (Å²) in [5.41, 5.74) is 0. The Bertz CT molecular complexity index is 271. The van der Waals surface area contributed by atoms with Gasteiger partial charge in [-0.2, -0.15) is 0 Å². The number of carbonyl (C=O) groups is 1. The Labute approximate surface area is 117 Å². The second-order valence-corrected chi connectivity index (χ2v) is 5.87. The van der Waals surface area contributed by atoms with Crippen molar-refractivity contribution in [3.63, 3.8) is 0 Å². The molecule has 2 rings (SSSR count). The van der Waals surface area contributed by atoms with Crippen LogP contribution in [0.1, 0.15) is 45.4 Å². The third-order valence-electron chi connectivity index (χ3n) is 4.37. The lowest BCUT2D eigenvalue weighted by atomic mass is 10.0. The zero-order chi connectivity index (χ0) is 13.5. The molecule has 1 N–H and O–H groups in total. The minimum atomic E-state index is 0.376. The van der Waals surface area contributed by atoms with Gasteiger partial charge in [-0.1, -0.05) is 6.92 Å². The van der Waals surface area contributed by atoms with Gasteiger partial charge in [-0.15, -0.1) is 0 Å². The molecule has 2 aliphatic rings. The Kier molecular flexibility index (Phi) is 6.11. The predicted molar refractivity (Wildman–Crippen MR) is 78.2 cm³/mol. The minimum absolute atomic E-state index is 0.376. The van der Waals surface area contributed by atoms with Crippen LogP contribution < -0.4 is 5.32 Å². The number of carbonyl (C=O) groups excluding carboxylic acids is 1. The maximum Gasteiger partial charge on any atom is 0.224 e. The third kappa shape index (κ3) is 4.46. The molecule has 0 aliphatic carbocycles. The van der Waals surface area contributed by atoms with Gasteiger partial charge in [-0.3, -0.25) is 4.79 Å². The molecular formula is C15H29N3O. The van der Waals surface area contributed by atoms with Crippen LogP contribution in [0.2, 0.25) is 0 Å². The molecule has 19 heavy (non-hydrogen) atoms. The smallest absolute Gasteiger partial charge is 0.224 e. The van der Waals surface area contributed by atoms with Gasteiger partial charge in [0.15, 0.2) is 0 Å². The molecule has 0 radical (unpaired) electrons. The van der Waals surface area contributed by atoms with E-state index in [4.69, 9.17) is 0 Å². The Morgan fingerprint density at radius 3 is 2.58 bits per heavy atom. The van der Waals surface area contributed by atoms with E-state index in [1.165, 1.54) is 25.9 Å². The van der Waals surface area contributed by atoms with Crippen molar-refractivity contribution in [1.29, 1.82) is 0 Å². The van der Waals surface area contributed by atoms with E-state index >= 15 is 0 Å². The Balaban J connectivity index is 1.80. The van der Waals surface area contributed by atoms with E-state index in [1.54, 1.807) is 0 Å². The van der Waals surface area contributed by atoms with Crippen molar-refractivity contribution in [1.82, 2.24) is 15.1 Å². The summed E-state index contributed by atoms with van der Waals surface area (Å²) < 4.78 is 0. The van der Waals surface area contributed by atoms with Crippen LogP contribution in [0, 0.1) is 0 Å². The monoisotopic (exact) mass is 267 g/mol. The van der Waals surface area contributed by atoms with Crippen LogP contribution >= 0.6 is 0 Å². The van der Waals surface area contributed by atoms with E-state index in [2.05, 4.69) is 22.0 Å². The minimum Gasteiger partial charge on any atom is -0.340 e. The van der Waals surface area contributed by atoms with Gasteiger partial charge in [-0.05, 0) is 58.3 Å². The van der Waals surface area contributed by atoms with Crippen molar-refractivity contribution in [2.75, 3.05) is 39.3 Å². The van der Waals surface area contributed by atoms with E-state index in [0.717, 1.165) is 45.4 Å². The lowest BCUT2D eigenvalue weighted by Gasteiger charge is -2.35. The van der Waals surface area contributed by atoms with Crippen molar-refractivity contribution in [2.24, 2.45) is 0 Å². The number of rotatable bonds is 6. The highest BCUT2D eigenvalue weighted by Crippen LogP contribution is 2.15. The topological polar surface area (TPSA) is 35.6 Å². The summed E-state index contributed by atoms with van der Waals surface area (Å²) in [6.45, 7) is 8.56. The van der Waals surface area contributed by atoms with E-state index in [1.807, 2.05) is 0 Å². The summed E-state index contributed by atoms with van der Waals surface area (Å²) in [4.78, 5) is 17.1. The zero-order valence-electron chi connectivity index (χ0n) is 12.4. The lowest BCUT2D eigenvalue weighted by molar-refractivity contribution is -0.134. The van der Waals surface area contributed by atoms with Gasteiger partial charge < -0.3 is 15.1 Å². The molecule has 0 aromatic heterocycles. The Hall–Kier alpha value is -0.610. The molecule has 0 unspecified atom stereocenters. The molecule has 0 saturated carbocycles. The Morgan fingerprint density at radius 2 is 1.95 bits per heavy atom. The first-order chi connectivity index (χ1) is 9.31. The van der Waals surface area contributed by atoms with Gasteiger partial charge in [0.05, 0.1) is 0 Å². The molecule has 0 atom stereocenters. The van der Waals surface area contributed by atoms with Crippen LogP contribution in [0.4, 0.5) is 0 Å². The number of likely N-dealkylation sites (tertiary alicyclic amines) is 1. The second-order valence-electron chi connectivity index (χ2n) is 5.87. The summed E-state index contributed by atoms with van der Waals surface area (Å²) in [7, 11) is 0. The molecule has 4 heteroatoms. The number of amides is 1. The van der Waals surface area contributed by atoms with Crippen LogP contribution in [0.25, 0.3) is 0 Å². The van der Waals surface area contributed by atoms with E-state index in [9.17, 15) is 4.79 Å². The highest BCUT2D eigenvalue weighted by Gasteiger charge is 2.25. The summed E-state index contributed by atoms with van der Waals surface area (Å²) in [5.74, 6) is 0.376. The fourth-order valence-electron chi connectivity index (χ4n) is 3.27. The molecule has 0 bridgehead atoms. The number of nitrogens with zero attached hydrogens (tertiary/aromatic N) is 2. The molecule has 4 nitrogen and oxygen atoms in total. The zero-order valence-corrected chi connectivity index (χ0v) is 12.4. The molecule has 1 amide bonds. The summed E-state index contributed by atoms with van der Waals surface area (Å²) in [6, 6.07) is 0.479. The van der Waals surface area contributed by atoms with Crippen molar-refractivity contribution < 1.29 is 4.79 Å². The molecule has 0 aromatic carbocycles. The molecule has 2 saturated heterocycles. The standard InChI is InChI=1S/C15H29N3O/c1-2-10-18(14-5-8-16-9-6-14)15(19)7-13-17-11-3-4-12-17/h14,16H,2-13H2,1H3. The molecule has 2 heterocycles. The average molecular weight is 267 g/mol. The first-order valence-corrected chi connectivity index (χ1v) is 8.04. The maximum atomic E-state index is 12.5. The van der Waals surface area contributed by atoms with E-state index in [0.29, 0.717) is 18.4 Å². The maximum absolute atomic E-state index is 12.5. The van der Waals surface area contributed by atoms with E-state index in [-0.39, 0.29) is 0 Å². The van der Waals surface area contributed by atoms with Crippen LogP contribution in [0.3, 0.4) is 0 Å². The molecule has 0 spiro atoms. The van der Waals surface area contributed by atoms with Gasteiger partial charge in [0, 0.05) is 25.6 Å². The lowest BCUT2D eigenvalue weighted by Crippen LogP contribution is -2.47. The molecule has 2 aliphatic heterocycles. The molecule has 110 valence electrons. The van der Waals surface area contributed by atoms with Crippen molar-refractivity contribution in [3.8, 4) is 0 Å². The normalized spacial score (nSPS) is 21.7. The van der Waals surface area contributed by atoms with Crippen LogP contribution in [-0.2, 0) is 4.79 Å². The van der Waals surface area contributed by atoms with Gasteiger partial charge >= 0.3 is 0 Å². The van der Waals surface area contributed by atoms with Crippen molar-refractivity contribution >= 4 is 5.91 Å². The number of nitrogens with one attached hydrogen (secondary N) is 1. The fourth-order valence-corrected chi connectivity index (χ4v) is 3.27. The summed E-state index contributed by atoms with van der Waals surface area (Å²) in [5, 5.41) is 3.38. The molecule has 0 aromatic rings. The second kappa shape index (κ2) is 7.85. The van der Waals surface area contributed by atoms with Gasteiger partial charge in [-0.25, -0.2) is 0 Å². The quantitative estimate of drug-likeness (QED) is 0.791. The van der Waals surface area contributed by atoms with Gasteiger partial charge in [0.1, 0.15) is 0 Å². The van der Waals surface area contributed by atoms with Gasteiger partial charge in [0.2, 0.25) is 5.91 Å². The highest BCUT2D eigenvalue weighted by atomic mass is 16.2. The number of hydrogen-bond donors (Lipinski definition) is 1. The number of hydrogen-bond acceptors (Lipinski definition) is 3. The first-order valence-electron chi connectivity index (χ1n) is 8.04. The largest absolute Gasteiger partial charge is 0.340 e. The highest BCUT2D eigenvalue weighted by molar-refractivity contribution is 5.76. The SMILES string of the molecule is CCCN(C(=O)CCN1CCCC1)C1CCNCC1. The summed E-state index contributed by atoms with van der Waals surface area (Å²) >= 11 is 0. The van der Waals surface area contributed by atoms with Crippen molar-refractivity contribution in [2.45, 2.75) is 51.5 Å². The van der Waals surface area contributed by atoms with Gasteiger partial charge in [0.25, 0.3) is 0 Å². The fraction of sp³-hybridized carbons (Fsp3) is 0.933.